The van der Waals surface area contributed by atoms with E-state index in [9.17, 15) is 18.0 Å². The van der Waals surface area contributed by atoms with E-state index in [1.165, 1.54) is 36.7 Å². The number of aryl methyl sites for hydroxylation is 1. The molecule has 258 valence electrons. The molecule has 0 aliphatic heterocycles. The van der Waals surface area contributed by atoms with Crippen LogP contribution < -0.4 is 26.8 Å². The number of hydrogen-bond acceptors (Lipinski definition) is 7. The fourth-order valence-corrected chi connectivity index (χ4v) is 5.83. The highest BCUT2D eigenvalue weighted by Gasteiger charge is 2.33. The van der Waals surface area contributed by atoms with Gasteiger partial charge in [0.2, 0.25) is 0 Å². The van der Waals surface area contributed by atoms with Crippen molar-refractivity contribution in [3.8, 4) is 22.7 Å². The molecular weight excluding hydrogens is 630 g/mol. The van der Waals surface area contributed by atoms with Gasteiger partial charge in [-0.2, -0.15) is 4.98 Å². The fourth-order valence-electron chi connectivity index (χ4n) is 5.83. The number of fused-ring (bicyclic) bond motifs is 1. The number of amidine groups is 1. The van der Waals surface area contributed by atoms with Crippen molar-refractivity contribution in [2.75, 3.05) is 20.3 Å². The number of nitrogens with zero attached hydrogens (tertiary/aromatic N) is 2. The van der Waals surface area contributed by atoms with Gasteiger partial charge in [-0.1, -0.05) is 12.1 Å². The van der Waals surface area contributed by atoms with Gasteiger partial charge in [-0.3, -0.25) is 9.98 Å². The highest BCUT2D eigenvalue weighted by Crippen LogP contribution is 2.36. The Balaban J connectivity index is 1.35. The summed E-state index contributed by atoms with van der Waals surface area (Å²) in [5.74, 6) is -1.04. The van der Waals surface area contributed by atoms with E-state index in [1.807, 2.05) is 24.3 Å². The van der Waals surface area contributed by atoms with Gasteiger partial charge >= 0.3 is 12.1 Å². The predicted octanol–water partition coefficient (Wildman–Crippen LogP) is 5.56. The van der Waals surface area contributed by atoms with Gasteiger partial charge < -0.3 is 30.8 Å². The van der Waals surface area contributed by atoms with Crippen LogP contribution in [0.1, 0.15) is 50.2 Å². The topological polar surface area (TPSA) is 143 Å². The number of alkyl halides is 3. The number of hydrogen-bond donors (Lipinski definition) is 5. The standard InChI is InChI=1S/C34H41F4N7O3/c1-20(39)41-13-12-28(23-8-9-23)42-17-21-6-10-26(11-7-21)45-18-24-16-29(43-32(24)44-33(45)46)27-14-22(4-3-5-25(40)19-47-2)15-30(31(27)35)48-34(36,37)38/h6-7,10-11,14-16,18,23,25,28,42H,3-5,8-9,12-13,17,19,40H2,1-2H3,(H2,39,41)(H,43,44,46)/t25-,28-/m1/s1. The molecule has 10 nitrogen and oxygen atoms in total. The van der Waals surface area contributed by atoms with Crippen LogP contribution in [-0.4, -0.2) is 59.1 Å². The minimum absolute atomic E-state index is 0.143. The van der Waals surface area contributed by atoms with Crippen molar-refractivity contribution in [1.82, 2.24) is 25.2 Å². The van der Waals surface area contributed by atoms with Gasteiger partial charge in [-0.15, -0.1) is 13.2 Å². The number of aromatic amines is 1. The van der Waals surface area contributed by atoms with Gasteiger partial charge in [0.05, 0.1) is 23.8 Å². The highest BCUT2D eigenvalue weighted by atomic mass is 19.4. The van der Waals surface area contributed by atoms with E-state index < -0.39 is 23.6 Å². The van der Waals surface area contributed by atoms with Gasteiger partial charge in [-0.05, 0) is 92.8 Å². The average molecular weight is 672 g/mol. The number of halogens is 4. The summed E-state index contributed by atoms with van der Waals surface area (Å²) in [5.41, 5.74) is 7.61. The summed E-state index contributed by atoms with van der Waals surface area (Å²) >= 11 is 0. The molecule has 6 N–H and O–H groups in total. The lowest BCUT2D eigenvalue weighted by atomic mass is 10.0. The summed E-state index contributed by atoms with van der Waals surface area (Å²) in [7, 11) is 1.53. The van der Waals surface area contributed by atoms with E-state index in [2.05, 4.69) is 25.3 Å². The Morgan fingerprint density at radius 2 is 1.92 bits per heavy atom. The second-order valence-electron chi connectivity index (χ2n) is 12.3. The second-order valence-corrected chi connectivity index (χ2v) is 12.3. The lowest BCUT2D eigenvalue weighted by Gasteiger charge is -2.19. The molecule has 2 aromatic carbocycles. The normalized spacial score (nSPS) is 14.6. The second kappa shape index (κ2) is 15.3. The van der Waals surface area contributed by atoms with Crippen molar-refractivity contribution in [3.05, 3.63) is 76.1 Å². The van der Waals surface area contributed by atoms with Crippen molar-refractivity contribution in [2.24, 2.45) is 11.7 Å². The zero-order valence-corrected chi connectivity index (χ0v) is 26.9. The maximum absolute atomic E-state index is 15.5. The summed E-state index contributed by atoms with van der Waals surface area (Å²) in [6, 6.07) is 11.6. The summed E-state index contributed by atoms with van der Waals surface area (Å²) < 4.78 is 65.4. The van der Waals surface area contributed by atoms with E-state index in [0.717, 1.165) is 24.6 Å². The number of nitrogens with two attached hydrogens (primary N) is 1. The molecule has 1 aliphatic carbocycles. The third-order valence-electron chi connectivity index (χ3n) is 8.36. The quantitative estimate of drug-likeness (QED) is 0.0597. The van der Waals surface area contributed by atoms with E-state index >= 15 is 4.39 Å². The zero-order valence-electron chi connectivity index (χ0n) is 26.9. The van der Waals surface area contributed by atoms with Gasteiger partial charge in [0.25, 0.3) is 0 Å². The fraction of sp³-hybridized carbons (Fsp3) is 0.441. The number of nitrogens with one attached hydrogen (secondary N) is 4. The third kappa shape index (κ3) is 9.42. The lowest BCUT2D eigenvalue weighted by Crippen LogP contribution is -2.34. The third-order valence-corrected chi connectivity index (χ3v) is 8.36. The monoisotopic (exact) mass is 671 g/mol. The van der Waals surface area contributed by atoms with Crippen molar-refractivity contribution in [1.29, 1.82) is 5.41 Å². The van der Waals surface area contributed by atoms with Crippen LogP contribution in [0.5, 0.6) is 5.75 Å². The van der Waals surface area contributed by atoms with Crippen LogP contribution in [0.15, 0.2) is 53.5 Å². The molecule has 14 heteroatoms. The molecule has 0 unspecified atom stereocenters. The minimum atomic E-state index is -5.09. The molecule has 1 aliphatic rings. The SMILES string of the molecule is COC[C@H](N)CCCc1cc(OC(F)(F)F)c(F)c(-c2cc3cn(-c4ccc(CN[C@H](CCNC(C)=N)C5CC5)cc4)c(=O)nc3[nH]2)c1. The molecule has 48 heavy (non-hydrogen) atoms. The molecule has 0 spiro atoms. The maximum atomic E-state index is 15.5. The van der Waals surface area contributed by atoms with Crippen molar-refractivity contribution in [3.63, 3.8) is 0 Å². The first-order valence-corrected chi connectivity index (χ1v) is 16.0. The van der Waals surface area contributed by atoms with Crippen LogP contribution in [0.4, 0.5) is 17.6 Å². The molecule has 5 rings (SSSR count). The number of methoxy groups -OCH3 is 1. The minimum Gasteiger partial charge on any atom is -0.403 e. The molecule has 4 aromatic rings. The summed E-state index contributed by atoms with van der Waals surface area (Å²) in [6.45, 7) is 3.47. The Morgan fingerprint density at radius 3 is 2.58 bits per heavy atom. The van der Waals surface area contributed by atoms with Crippen LogP contribution >= 0.6 is 0 Å². The van der Waals surface area contributed by atoms with Crippen LogP contribution in [0.25, 0.3) is 28.0 Å². The Kier molecular flexibility index (Phi) is 11.2. The molecule has 0 amide bonds. The molecule has 0 radical (unpaired) electrons. The van der Waals surface area contributed by atoms with Gasteiger partial charge in [0.1, 0.15) is 5.65 Å². The first-order valence-electron chi connectivity index (χ1n) is 16.0. The summed E-state index contributed by atoms with van der Waals surface area (Å²) in [4.78, 5) is 20.0. The number of benzene rings is 2. The molecule has 1 fully saturated rings. The molecular formula is C34H41F4N7O3. The molecule has 1 saturated carbocycles. The zero-order chi connectivity index (χ0) is 34.4. The Labute approximate surface area is 275 Å². The number of aromatic nitrogens is 3. The first-order chi connectivity index (χ1) is 22.9. The maximum Gasteiger partial charge on any atom is 0.573 e. The predicted molar refractivity (Wildman–Crippen MR) is 176 cm³/mol. The lowest BCUT2D eigenvalue weighted by molar-refractivity contribution is -0.275. The van der Waals surface area contributed by atoms with Gasteiger partial charge in [-0.25, -0.2) is 9.18 Å². The van der Waals surface area contributed by atoms with E-state index in [1.54, 1.807) is 13.1 Å². The van der Waals surface area contributed by atoms with Crippen molar-refractivity contribution >= 4 is 16.9 Å². The highest BCUT2D eigenvalue weighted by molar-refractivity contribution is 5.83. The van der Waals surface area contributed by atoms with E-state index in [0.29, 0.717) is 66.8 Å². The van der Waals surface area contributed by atoms with Crippen LogP contribution in [-0.2, 0) is 17.7 Å². The number of ether oxygens (including phenoxy) is 2. The van der Waals surface area contributed by atoms with Crippen LogP contribution in [0.3, 0.4) is 0 Å². The Bertz CT molecular complexity index is 1770. The number of H-pyrrole nitrogens is 1. The smallest absolute Gasteiger partial charge is 0.403 e. The van der Waals surface area contributed by atoms with E-state index in [4.69, 9.17) is 15.9 Å². The van der Waals surface area contributed by atoms with Crippen molar-refractivity contribution < 1.29 is 27.0 Å². The van der Waals surface area contributed by atoms with Crippen LogP contribution in [0, 0.1) is 17.1 Å². The van der Waals surface area contributed by atoms with E-state index in [-0.39, 0.29) is 22.9 Å². The van der Waals surface area contributed by atoms with Crippen molar-refractivity contribution in [2.45, 2.75) is 70.4 Å². The van der Waals surface area contributed by atoms with Crippen LogP contribution in [0.2, 0.25) is 0 Å². The average Bonchev–Trinajstić information content (AvgIpc) is 3.78. The first kappa shape index (κ1) is 35.0. The van der Waals surface area contributed by atoms with Gasteiger partial charge in [0.15, 0.2) is 11.6 Å². The Hall–Kier alpha value is -4.27. The largest absolute Gasteiger partial charge is 0.573 e. The number of rotatable bonds is 16. The molecule has 0 bridgehead atoms. The Morgan fingerprint density at radius 1 is 1.17 bits per heavy atom. The molecule has 2 heterocycles. The summed E-state index contributed by atoms with van der Waals surface area (Å²) in [5, 5.41) is 14.7. The molecule has 2 aromatic heterocycles. The molecule has 2 atom stereocenters. The summed E-state index contributed by atoms with van der Waals surface area (Å²) in [6.07, 6.45) is 1.21. The van der Waals surface area contributed by atoms with Gasteiger partial charge in [0, 0.05) is 49.4 Å². The molecule has 0 saturated heterocycles.